The van der Waals surface area contributed by atoms with Gasteiger partial charge >= 0.3 is 0 Å². The van der Waals surface area contributed by atoms with Crippen molar-refractivity contribution in [2.75, 3.05) is 19.6 Å². The second-order valence-corrected chi connectivity index (χ2v) is 3.67. The highest BCUT2D eigenvalue weighted by Gasteiger charge is 2.04. The first-order valence-corrected chi connectivity index (χ1v) is 5.65. The van der Waals surface area contributed by atoms with E-state index in [0.717, 1.165) is 45.3 Å². The monoisotopic (exact) mass is 196 g/mol. The predicted molar refractivity (Wildman–Crippen MR) is 63.1 cm³/mol. The normalized spacial score (nSPS) is 12.8. The lowest BCUT2D eigenvalue weighted by molar-refractivity contribution is 0.287. The maximum absolute atomic E-state index is 5.98. The molecule has 0 aromatic rings. The minimum atomic E-state index is 0.323. The summed E-state index contributed by atoms with van der Waals surface area (Å²) in [5, 5.41) is 0. The van der Waals surface area contributed by atoms with E-state index in [9.17, 15) is 0 Å². The zero-order valence-corrected chi connectivity index (χ0v) is 9.63. The summed E-state index contributed by atoms with van der Waals surface area (Å²) in [7, 11) is 0. The van der Waals surface area contributed by atoms with E-state index in [4.69, 9.17) is 12.2 Å². The first kappa shape index (κ1) is 13.5. The molecule has 0 radical (unpaired) electrons. The van der Waals surface area contributed by atoms with Crippen molar-refractivity contribution >= 4 is 0 Å². The Hall–Kier alpha value is -0.520. The zero-order chi connectivity index (χ0) is 10.8. The summed E-state index contributed by atoms with van der Waals surface area (Å²) < 4.78 is 0. The summed E-state index contributed by atoms with van der Waals surface area (Å²) in [6.45, 7) is 7.73. The van der Waals surface area contributed by atoms with E-state index in [1.165, 1.54) is 0 Å². The molecule has 0 aromatic heterocycles. The molecule has 0 spiro atoms. The fraction of sp³-hybridized carbons (Fsp3) is 0.833. The molecule has 0 bridgehead atoms. The van der Waals surface area contributed by atoms with Crippen molar-refractivity contribution in [1.29, 1.82) is 0 Å². The largest absolute Gasteiger partial charge is 0.328 e. The number of terminal acetylenes is 1. The molecule has 1 atom stereocenters. The van der Waals surface area contributed by atoms with Gasteiger partial charge in [0.05, 0.1) is 0 Å². The van der Waals surface area contributed by atoms with E-state index < -0.39 is 0 Å². The van der Waals surface area contributed by atoms with Crippen LogP contribution in [0.4, 0.5) is 0 Å². The second-order valence-electron chi connectivity index (χ2n) is 3.67. The molecular weight excluding hydrogens is 172 g/mol. The van der Waals surface area contributed by atoms with Crippen LogP contribution in [-0.2, 0) is 0 Å². The van der Waals surface area contributed by atoms with Crippen LogP contribution < -0.4 is 5.73 Å². The van der Waals surface area contributed by atoms with Gasteiger partial charge in [-0.3, -0.25) is 0 Å². The van der Waals surface area contributed by atoms with Crippen molar-refractivity contribution in [3.63, 3.8) is 0 Å². The van der Waals surface area contributed by atoms with Crippen LogP contribution in [0.25, 0.3) is 0 Å². The van der Waals surface area contributed by atoms with E-state index in [-0.39, 0.29) is 0 Å². The number of rotatable bonds is 8. The second kappa shape index (κ2) is 9.05. The van der Waals surface area contributed by atoms with Gasteiger partial charge in [0.1, 0.15) is 0 Å². The molecule has 2 N–H and O–H groups in total. The van der Waals surface area contributed by atoms with Crippen LogP contribution in [0.2, 0.25) is 0 Å². The molecule has 14 heavy (non-hydrogen) atoms. The third-order valence-corrected chi connectivity index (χ3v) is 2.61. The quantitative estimate of drug-likeness (QED) is 0.474. The number of hydrogen-bond donors (Lipinski definition) is 1. The molecule has 0 aliphatic heterocycles. The molecule has 0 saturated heterocycles. The van der Waals surface area contributed by atoms with E-state index in [1.54, 1.807) is 0 Å². The average Bonchev–Trinajstić information content (AvgIpc) is 2.20. The van der Waals surface area contributed by atoms with Gasteiger partial charge in [0, 0.05) is 12.5 Å². The molecule has 0 fully saturated rings. The Morgan fingerprint density at radius 2 is 1.93 bits per heavy atom. The molecule has 0 heterocycles. The van der Waals surface area contributed by atoms with Gasteiger partial charge in [-0.15, -0.1) is 12.3 Å². The molecule has 82 valence electrons. The maximum Gasteiger partial charge on any atom is 0.00866 e. The van der Waals surface area contributed by atoms with Gasteiger partial charge in [-0.1, -0.05) is 13.8 Å². The molecule has 2 heteroatoms. The molecule has 1 unspecified atom stereocenters. The number of hydrogen-bond acceptors (Lipinski definition) is 2. The van der Waals surface area contributed by atoms with E-state index in [0.29, 0.717) is 6.04 Å². The van der Waals surface area contributed by atoms with Gasteiger partial charge in [0.2, 0.25) is 0 Å². The fourth-order valence-corrected chi connectivity index (χ4v) is 1.50. The van der Waals surface area contributed by atoms with Crippen LogP contribution in [0.15, 0.2) is 0 Å². The average molecular weight is 196 g/mol. The molecule has 0 aromatic carbocycles. The standard InChI is InChI=1S/C12H24N2/c1-4-7-8-9-12(13)10-11-14(5-2)6-3/h1,12H,5-11,13H2,2-3H3. The molecule has 0 amide bonds. The van der Waals surface area contributed by atoms with Crippen LogP contribution in [-0.4, -0.2) is 30.6 Å². The van der Waals surface area contributed by atoms with Gasteiger partial charge < -0.3 is 10.6 Å². The zero-order valence-electron chi connectivity index (χ0n) is 9.63. The molecule has 0 aliphatic rings. The SMILES string of the molecule is C#CCCCC(N)CCN(CC)CC. The third-order valence-electron chi connectivity index (χ3n) is 2.61. The van der Waals surface area contributed by atoms with Crippen molar-refractivity contribution in [3.05, 3.63) is 0 Å². The van der Waals surface area contributed by atoms with Crippen LogP contribution in [0.1, 0.15) is 39.5 Å². The van der Waals surface area contributed by atoms with Crippen LogP contribution in [0.5, 0.6) is 0 Å². The van der Waals surface area contributed by atoms with E-state index in [2.05, 4.69) is 24.7 Å². The first-order valence-electron chi connectivity index (χ1n) is 5.65. The van der Waals surface area contributed by atoms with Crippen molar-refractivity contribution < 1.29 is 0 Å². The Balaban J connectivity index is 3.42. The Labute approximate surface area is 88.9 Å². The fourth-order valence-electron chi connectivity index (χ4n) is 1.50. The summed E-state index contributed by atoms with van der Waals surface area (Å²) >= 11 is 0. The van der Waals surface area contributed by atoms with Gasteiger partial charge in [-0.25, -0.2) is 0 Å². The Kier molecular flexibility index (Phi) is 8.72. The van der Waals surface area contributed by atoms with Gasteiger partial charge in [0.25, 0.3) is 0 Å². The lowest BCUT2D eigenvalue weighted by Crippen LogP contribution is -2.30. The minimum Gasteiger partial charge on any atom is -0.328 e. The molecule has 2 nitrogen and oxygen atoms in total. The van der Waals surface area contributed by atoms with Gasteiger partial charge in [0.15, 0.2) is 0 Å². The summed E-state index contributed by atoms with van der Waals surface area (Å²) in [5.74, 6) is 2.64. The van der Waals surface area contributed by atoms with Crippen LogP contribution >= 0.6 is 0 Å². The molecule has 0 aliphatic carbocycles. The maximum atomic E-state index is 5.98. The highest BCUT2D eigenvalue weighted by atomic mass is 15.1. The Bertz CT molecular complexity index is 156. The first-order chi connectivity index (χ1) is 6.74. The predicted octanol–water partition coefficient (Wildman–Crippen LogP) is 1.85. The topological polar surface area (TPSA) is 29.3 Å². The summed E-state index contributed by atoms with van der Waals surface area (Å²) in [6.07, 6.45) is 9.26. The highest BCUT2D eigenvalue weighted by Crippen LogP contribution is 2.03. The van der Waals surface area contributed by atoms with Crippen molar-refractivity contribution in [3.8, 4) is 12.3 Å². The van der Waals surface area contributed by atoms with Crippen molar-refractivity contribution in [1.82, 2.24) is 4.90 Å². The number of unbranched alkanes of at least 4 members (excludes halogenated alkanes) is 1. The van der Waals surface area contributed by atoms with Crippen molar-refractivity contribution in [2.45, 2.75) is 45.6 Å². The van der Waals surface area contributed by atoms with E-state index in [1.807, 2.05) is 0 Å². The van der Waals surface area contributed by atoms with Crippen LogP contribution in [0, 0.1) is 12.3 Å². The summed E-state index contributed by atoms with van der Waals surface area (Å²) in [6, 6.07) is 0.323. The third kappa shape index (κ3) is 6.94. The summed E-state index contributed by atoms with van der Waals surface area (Å²) in [4.78, 5) is 2.40. The molecule has 0 saturated carbocycles. The molecular formula is C12H24N2. The smallest absolute Gasteiger partial charge is 0.00866 e. The van der Waals surface area contributed by atoms with E-state index >= 15 is 0 Å². The Morgan fingerprint density at radius 1 is 1.29 bits per heavy atom. The summed E-state index contributed by atoms with van der Waals surface area (Å²) in [5.41, 5.74) is 5.98. The Morgan fingerprint density at radius 3 is 2.43 bits per heavy atom. The minimum absolute atomic E-state index is 0.323. The van der Waals surface area contributed by atoms with Gasteiger partial charge in [-0.2, -0.15) is 0 Å². The molecule has 0 rings (SSSR count). The number of nitrogens with zero attached hydrogens (tertiary/aromatic N) is 1. The van der Waals surface area contributed by atoms with Gasteiger partial charge in [-0.05, 0) is 38.9 Å². The van der Waals surface area contributed by atoms with Crippen LogP contribution in [0.3, 0.4) is 0 Å². The van der Waals surface area contributed by atoms with Crippen molar-refractivity contribution in [2.24, 2.45) is 5.73 Å². The number of nitrogens with two attached hydrogens (primary N) is 1. The highest BCUT2D eigenvalue weighted by molar-refractivity contribution is 4.83. The lowest BCUT2D eigenvalue weighted by Gasteiger charge is -2.20. The lowest BCUT2D eigenvalue weighted by atomic mass is 10.1.